The fraction of sp³-hybridized carbons (Fsp3) is 0.214. The predicted molar refractivity (Wildman–Crippen MR) is 75.4 cm³/mol. The molecule has 0 unspecified atom stereocenters. The number of ether oxygens (including phenoxy) is 1. The van der Waals surface area contributed by atoms with Crippen molar-refractivity contribution in [1.29, 1.82) is 0 Å². The lowest BCUT2D eigenvalue weighted by atomic mass is 10.3. The average Bonchev–Trinajstić information content (AvgIpc) is 2.94. The predicted octanol–water partition coefficient (Wildman–Crippen LogP) is 1.62. The van der Waals surface area contributed by atoms with Crippen LogP contribution in [0.3, 0.4) is 0 Å². The van der Waals surface area contributed by atoms with Crippen LogP contribution in [-0.2, 0) is 11.3 Å². The molecule has 0 aliphatic carbocycles. The van der Waals surface area contributed by atoms with Crippen LogP contribution in [0.1, 0.15) is 16.9 Å². The molecule has 1 aromatic heterocycles. The monoisotopic (exact) mass is 289 g/mol. The van der Waals surface area contributed by atoms with Crippen molar-refractivity contribution in [2.24, 2.45) is 0 Å². The Kier molecular flexibility index (Phi) is 4.55. The molecule has 0 spiro atoms. The van der Waals surface area contributed by atoms with Crippen LogP contribution in [0.2, 0.25) is 0 Å². The first kappa shape index (κ1) is 14.6. The summed E-state index contributed by atoms with van der Waals surface area (Å²) in [5, 5.41) is 15.3. The molecule has 1 heterocycles. The van der Waals surface area contributed by atoms with E-state index in [1.54, 1.807) is 37.4 Å². The third-order valence-corrected chi connectivity index (χ3v) is 2.83. The van der Waals surface area contributed by atoms with Gasteiger partial charge in [0.05, 0.1) is 20.1 Å². The molecule has 7 nitrogen and oxygen atoms in total. The summed E-state index contributed by atoms with van der Waals surface area (Å²) in [5.41, 5.74) is 0.929. The molecular weight excluding hydrogens is 274 g/mol. The minimum Gasteiger partial charge on any atom is -0.497 e. The summed E-state index contributed by atoms with van der Waals surface area (Å²) in [6, 6.07) is 8.44. The number of hydrogen-bond donors (Lipinski definition) is 2. The Bertz CT molecular complexity index is 634. The zero-order chi connectivity index (χ0) is 15.2. The van der Waals surface area contributed by atoms with Gasteiger partial charge in [-0.05, 0) is 30.3 Å². The Hall–Kier alpha value is -2.83. The SMILES string of the molecule is COc1ccc(NC(=O)c2ccnn2CCC(=O)O)cc1. The summed E-state index contributed by atoms with van der Waals surface area (Å²) < 4.78 is 6.41. The Morgan fingerprint density at radius 2 is 2.00 bits per heavy atom. The molecule has 0 saturated heterocycles. The lowest BCUT2D eigenvalue weighted by Gasteiger charge is -2.08. The zero-order valence-electron chi connectivity index (χ0n) is 11.4. The van der Waals surface area contributed by atoms with E-state index in [0.29, 0.717) is 17.1 Å². The number of nitrogens with zero attached hydrogens (tertiary/aromatic N) is 2. The maximum Gasteiger partial charge on any atom is 0.305 e. The van der Waals surface area contributed by atoms with Gasteiger partial charge in [0.2, 0.25) is 0 Å². The van der Waals surface area contributed by atoms with Crippen LogP contribution < -0.4 is 10.1 Å². The minimum atomic E-state index is -0.938. The molecule has 0 radical (unpaired) electrons. The van der Waals surface area contributed by atoms with Gasteiger partial charge in [-0.3, -0.25) is 14.3 Å². The molecule has 2 N–H and O–H groups in total. The van der Waals surface area contributed by atoms with E-state index in [0.717, 1.165) is 0 Å². The summed E-state index contributed by atoms with van der Waals surface area (Å²) in [6.45, 7) is 0.147. The number of hydrogen-bond acceptors (Lipinski definition) is 4. The number of carbonyl (C=O) groups is 2. The van der Waals surface area contributed by atoms with Crippen molar-refractivity contribution in [3.05, 3.63) is 42.2 Å². The quantitative estimate of drug-likeness (QED) is 0.842. The first-order valence-electron chi connectivity index (χ1n) is 6.29. The topological polar surface area (TPSA) is 93.5 Å². The van der Waals surface area contributed by atoms with Crippen LogP contribution in [0.5, 0.6) is 5.75 Å². The summed E-state index contributed by atoms with van der Waals surface area (Å²) in [7, 11) is 1.56. The van der Waals surface area contributed by atoms with Crippen molar-refractivity contribution in [3.63, 3.8) is 0 Å². The third kappa shape index (κ3) is 3.82. The smallest absolute Gasteiger partial charge is 0.305 e. The number of methoxy groups -OCH3 is 1. The zero-order valence-corrected chi connectivity index (χ0v) is 11.4. The van der Waals surface area contributed by atoms with E-state index in [9.17, 15) is 9.59 Å². The van der Waals surface area contributed by atoms with Crippen LogP contribution in [0.25, 0.3) is 0 Å². The first-order chi connectivity index (χ1) is 10.1. The van der Waals surface area contributed by atoms with Gasteiger partial charge >= 0.3 is 5.97 Å². The van der Waals surface area contributed by atoms with Crippen molar-refractivity contribution in [2.75, 3.05) is 12.4 Å². The number of aryl methyl sites for hydroxylation is 1. The van der Waals surface area contributed by atoms with Crippen molar-refractivity contribution < 1.29 is 19.4 Å². The second-order valence-corrected chi connectivity index (χ2v) is 4.27. The Balaban J connectivity index is 2.05. The fourth-order valence-corrected chi connectivity index (χ4v) is 1.77. The van der Waals surface area contributed by atoms with Gasteiger partial charge in [-0.2, -0.15) is 5.10 Å². The van der Waals surface area contributed by atoms with Crippen molar-refractivity contribution in [1.82, 2.24) is 9.78 Å². The molecule has 0 atom stereocenters. The van der Waals surface area contributed by atoms with Crippen molar-refractivity contribution in [3.8, 4) is 5.75 Å². The van der Waals surface area contributed by atoms with E-state index in [2.05, 4.69) is 10.4 Å². The second-order valence-electron chi connectivity index (χ2n) is 4.27. The molecule has 0 saturated carbocycles. The van der Waals surface area contributed by atoms with Gasteiger partial charge < -0.3 is 15.2 Å². The second kappa shape index (κ2) is 6.56. The number of amides is 1. The number of anilines is 1. The van der Waals surface area contributed by atoms with E-state index in [4.69, 9.17) is 9.84 Å². The number of carbonyl (C=O) groups excluding carboxylic acids is 1. The van der Waals surface area contributed by atoms with Crippen LogP contribution in [-0.4, -0.2) is 33.9 Å². The highest BCUT2D eigenvalue weighted by molar-refractivity contribution is 6.03. The van der Waals surface area contributed by atoms with E-state index in [-0.39, 0.29) is 18.9 Å². The van der Waals surface area contributed by atoms with Crippen LogP contribution in [0, 0.1) is 0 Å². The first-order valence-corrected chi connectivity index (χ1v) is 6.29. The molecule has 110 valence electrons. The maximum absolute atomic E-state index is 12.1. The van der Waals surface area contributed by atoms with E-state index < -0.39 is 5.97 Å². The minimum absolute atomic E-state index is 0.0928. The van der Waals surface area contributed by atoms with Gasteiger partial charge in [0.25, 0.3) is 5.91 Å². The summed E-state index contributed by atoms with van der Waals surface area (Å²) >= 11 is 0. The molecule has 1 aromatic carbocycles. The van der Waals surface area contributed by atoms with Gasteiger partial charge in [-0.25, -0.2) is 0 Å². The molecule has 0 aliphatic rings. The number of aromatic nitrogens is 2. The standard InChI is InChI=1S/C14H15N3O4/c1-21-11-4-2-10(3-5-11)16-14(20)12-6-8-15-17(12)9-7-13(18)19/h2-6,8H,7,9H2,1H3,(H,16,20)(H,18,19). The molecule has 21 heavy (non-hydrogen) atoms. The Morgan fingerprint density at radius 1 is 1.29 bits per heavy atom. The molecule has 0 aliphatic heterocycles. The normalized spacial score (nSPS) is 10.1. The number of nitrogens with one attached hydrogen (secondary N) is 1. The van der Waals surface area contributed by atoms with Crippen LogP contribution in [0.4, 0.5) is 5.69 Å². The molecule has 7 heteroatoms. The highest BCUT2D eigenvalue weighted by Crippen LogP contribution is 2.16. The summed E-state index contributed by atoms with van der Waals surface area (Å²) in [4.78, 5) is 22.7. The number of carboxylic acid groups (broad SMARTS) is 1. The van der Waals surface area contributed by atoms with Gasteiger partial charge in [-0.15, -0.1) is 0 Å². The number of rotatable bonds is 6. The summed E-state index contributed by atoms with van der Waals surface area (Å²) in [5.74, 6) is -0.588. The van der Waals surface area contributed by atoms with Crippen LogP contribution in [0.15, 0.2) is 36.5 Å². The molecule has 1 amide bonds. The highest BCUT2D eigenvalue weighted by atomic mass is 16.5. The number of carboxylic acids is 1. The van der Waals surface area contributed by atoms with Crippen molar-refractivity contribution in [2.45, 2.75) is 13.0 Å². The highest BCUT2D eigenvalue weighted by Gasteiger charge is 2.13. The van der Waals surface area contributed by atoms with E-state index in [1.807, 2.05) is 0 Å². The van der Waals surface area contributed by atoms with E-state index >= 15 is 0 Å². The maximum atomic E-state index is 12.1. The molecule has 0 fully saturated rings. The van der Waals surface area contributed by atoms with Gasteiger partial charge in [0, 0.05) is 11.9 Å². The molecular formula is C14H15N3O4. The van der Waals surface area contributed by atoms with Crippen LogP contribution >= 0.6 is 0 Å². The molecule has 2 rings (SSSR count). The van der Waals surface area contributed by atoms with E-state index in [1.165, 1.54) is 10.9 Å². The number of aliphatic carboxylic acids is 1. The Morgan fingerprint density at radius 3 is 2.62 bits per heavy atom. The van der Waals surface area contributed by atoms with Gasteiger partial charge in [0.15, 0.2) is 0 Å². The lowest BCUT2D eigenvalue weighted by molar-refractivity contribution is -0.137. The van der Waals surface area contributed by atoms with Crippen molar-refractivity contribution >= 4 is 17.6 Å². The summed E-state index contributed by atoms with van der Waals surface area (Å²) in [6.07, 6.45) is 1.37. The molecule has 0 bridgehead atoms. The van der Waals surface area contributed by atoms with Gasteiger partial charge in [-0.1, -0.05) is 0 Å². The molecule has 2 aromatic rings. The fourth-order valence-electron chi connectivity index (χ4n) is 1.77. The largest absolute Gasteiger partial charge is 0.497 e. The van der Waals surface area contributed by atoms with Gasteiger partial charge in [0.1, 0.15) is 11.4 Å². The number of benzene rings is 1. The Labute approximate surface area is 121 Å². The average molecular weight is 289 g/mol. The third-order valence-electron chi connectivity index (χ3n) is 2.83. The lowest BCUT2D eigenvalue weighted by Crippen LogP contribution is -2.18.